The van der Waals surface area contributed by atoms with Crippen LogP contribution in [0.3, 0.4) is 0 Å². The van der Waals surface area contributed by atoms with Gasteiger partial charge in [-0.05, 0) is 38.4 Å². The highest BCUT2D eigenvalue weighted by molar-refractivity contribution is 5.39. The number of rotatable bonds is 6. The van der Waals surface area contributed by atoms with E-state index in [1.54, 1.807) is 0 Å². The van der Waals surface area contributed by atoms with Crippen molar-refractivity contribution in [2.45, 2.75) is 39.8 Å². The van der Waals surface area contributed by atoms with Crippen LogP contribution in [-0.4, -0.2) is 25.1 Å². The van der Waals surface area contributed by atoms with Crippen molar-refractivity contribution in [3.8, 4) is 0 Å². The smallest absolute Gasteiger partial charge is 0.128 e. The number of hydrogen-bond donors (Lipinski definition) is 1. The van der Waals surface area contributed by atoms with Gasteiger partial charge in [0.05, 0.1) is 5.69 Å². The predicted molar refractivity (Wildman–Crippen MR) is 74.3 cm³/mol. The summed E-state index contributed by atoms with van der Waals surface area (Å²) in [5, 5.41) is 3.13. The molecule has 3 nitrogen and oxygen atoms in total. The summed E-state index contributed by atoms with van der Waals surface area (Å²) in [5.74, 6) is 1.78. The van der Waals surface area contributed by atoms with E-state index in [9.17, 15) is 0 Å². The summed E-state index contributed by atoms with van der Waals surface area (Å²) in [6.07, 6.45) is 1.19. The first-order chi connectivity index (χ1) is 8.04. The SMILES string of the molecule is CNCc1cccc(N(C)C(C)CC(C)C)n1. The van der Waals surface area contributed by atoms with Crippen LogP contribution in [0.2, 0.25) is 0 Å². The van der Waals surface area contributed by atoms with E-state index in [0.717, 1.165) is 18.1 Å². The van der Waals surface area contributed by atoms with Crippen LogP contribution in [0, 0.1) is 5.92 Å². The van der Waals surface area contributed by atoms with Crippen LogP contribution >= 0.6 is 0 Å². The Kier molecular flexibility index (Phi) is 5.42. The molecule has 96 valence electrons. The normalized spacial score (nSPS) is 12.8. The molecule has 0 saturated carbocycles. The molecule has 0 saturated heterocycles. The summed E-state index contributed by atoms with van der Waals surface area (Å²) in [6, 6.07) is 6.73. The van der Waals surface area contributed by atoms with Crippen LogP contribution in [0.1, 0.15) is 32.9 Å². The van der Waals surface area contributed by atoms with Gasteiger partial charge in [0.1, 0.15) is 5.82 Å². The van der Waals surface area contributed by atoms with Crippen LogP contribution < -0.4 is 10.2 Å². The second kappa shape index (κ2) is 6.60. The Bertz CT molecular complexity index is 336. The first kappa shape index (κ1) is 14.0. The largest absolute Gasteiger partial charge is 0.357 e. The number of anilines is 1. The Labute approximate surface area is 105 Å². The standard InChI is InChI=1S/C14H25N3/c1-11(2)9-12(3)17(5)14-8-6-7-13(16-14)10-15-4/h6-8,11-12,15H,9-10H2,1-5H3. The summed E-state index contributed by atoms with van der Waals surface area (Å²) in [7, 11) is 4.07. The van der Waals surface area contributed by atoms with Crippen molar-refractivity contribution >= 4 is 5.82 Å². The van der Waals surface area contributed by atoms with E-state index in [2.05, 4.69) is 61.2 Å². The van der Waals surface area contributed by atoms with E-state index >= 15 is 0 Å². The average Bonchev–Trinajstić information content (AvgIpc) is 2.28. The molecule has 1 unspecified atom stereocenters. The lowest BCUT2D eigenvalue weighted by Gasteiger charge is -2.27. The molecule has 3 heteroatoms. The Morgan fingerprint density at radius 2 is 2.00 bits per heavy atom. The van der Waals surface area contributed by atoms with Crippen molar-refractivity contribution in [2.75, 3.05) is 19.0 Å². The fourth-order valence-electron chi connectivity index (χ4n) is 2.01. The van der Waals surface area contributed by atoms with Gasteiger partial charge in [-0.1, -0.05) is 19.9 Å². The molecule has 0 aromatic carbocycles. The first-order valence-corrected chi connectivity index (χ1v) is 6.38. The third-order valence-corrected chi connectivity index (χ3v) is 2.99. The van der Waals surface area contributed by atoms with Crippen LogP contribution in [0.5, 0.6) is 0 Å². The summed E-state index contributed by atoms with van der Waals surface area (Å²) >= 11 is 0. The van der Waals surface area contributed by atoms with E-state index in [-0.39, 0.29) is 0 Å². The van der Waals surface area contributed by atoms with Gasteiger partial charge < -0.3 is 10.2 Å². The van der Waals surface area contributed by atoms with E-state index in [1.807, 2.05) is 7.05 Å². The number of nitrogens with one attached hydrogen (secondary N) is 1. The highest BCUT2D eigenvalue weighted by Crippen LogP contribution is 2.17. The molecule has 1 rings (SSSR count). The van der Waals surface area contributed by atoms with Gasteiger partial charge in [-0.25, -0.2) is 4.98 Å². The molecular weight excluding hydrogens is 210 g/mol. The number of aromatic nitrogens is 1. The fraction of sp³-hybridized carbons (Fsp3) is 0.643. The van der Waals surface area contributed by atoms with E-state index in [0.29, 0.717) is 12.0 Å². The lowest BCUT2D eigenvalue weighted by atomic mass is 10.0. The molecule has 1 aromatic rings. The summed E-state index contributed by atoms with van der Waals surface area (Å²) in [4.78, 5) is 6.92. The van der Waals surface area contributed by atoms with Gasteiger partial charge in [0.2, 0.25) is 0 Å². The highest BCUT2D eigenvalue weighted by atomic mass is 15.2. The van der Waals surface area contributed by atoms with E-state index in [4.69, 9.17) is 0 Å². The zero-order valence-corrected chi connectivity index (χ0v) is 11.7. The fourth-order valence-corrected chi connectivity index (χ4v) is 2.01. The lowest BCUT2D eigenvalue weighted by molar-refractivity contribution is 0.502. The third-order valence-electron chi connectivity index (χ3n) is 2.99. The minimum atomic E-state index is 0.521. The number of nitrogens with zero attached hydrogens (tertiary/aromatic N) is 2. The first-order valence-electron chi connectivity index (χ1n) is 6.38. The summed E-state index contributed by atoms with van der Waals surface area (Å²) in [5.41, 5.74) is 1.09. The second-order valence-corrected chi connectivity index (χ2v) is 5.11. The molecule has 0 aliphatic rings. The van der Waals surface area contributed by atoms with Crippen molar-refractivity contribution < 1.29 is 0 Å². The molecule has 1 N–H and O–H groups in total. The van der Waals surface area contributed by atoms with E-state index < -0.39 is 0 Å². The van der Waals surface area contributed by atoms with Gasteiger partial charge in [-0.15, -0.1) is 0 Å². The van der Waals surface area contributed by atoms with Gasteiger partial charge in [0.25, 0.3) is 0 Å². The lowest BCUT2D eigenvalue weighted by Crippen LogP contribution is -2.31. The highest BCUT2D eigenvalue weighted by Gasteiger charge is 2.12. The molecule has 0 bridgehead atoms. The summed E-state index contributed by atoms with van der Waals surface area (Å²) < 4.78 is 0. The molecule has 1 heterocycles. The van der Waals surface area contributed by atoms with E-state index in [1.165, 1.54) is 6.42 Å². The Morgan fingerprint density at radius 3 is 2.59 bits per heavy atom. The van der Waals surface area contributed by atoms with Gasteiger partial charge in [0, 0.05) is 19.6 Å². The van der Waals surface area contributed by atoms with Crippen LogP contribution in [0.15, 0.2) is 18.2 Å². The quantitative estimate of drug-likeness (QED) is 0.821. The van der Waals surface area contributed by atoms with Crippen LogP contribution in [0.4, 0.5) is 5.82 Å². The maximum Gasteiger partial charge on any atom is 0.128 e. The molecule has 1 aromatic heterocycles. The van der Waals surface area contributed by atoms with Crippen molar-refractivity contribution in [1.82, 2.24) is 10.3 Å². The molecule has 1 atom stereocenters. The topological polar surface area (TPSA) is 28.2 Å². The number of hydrogen-bond acceptors (Lipinski definition) is 3. The van der Waals surface area contributed by atoms with Crippen LogP contribution in [-0.2, 0) is 6.54 Å². The molecule has 0 spiro atoms. The zero-order valence-electron chi connectivity index (χ0n) is 11.7. The van der Waals surface area contributed by atoms with Crippen LogP contribution in [0.25, 0.3) is 0 Å². The minimum Gasteiger partial charge on any atom is -0.357 e. The zero-order chi connectivity index (χ0) is 12.8. The number of pyridine rings is 1. The maximum atomic E-state index is 4.65. The molecule has 0 amide bonds. The Balaban J connectivity index is 2.73. The van der Waals surface area contributed by atoms with Crippen molar-refractivity contribution in [3.05, 3.63) is 23.9 Å². The molecular formula is C14H25N3. The predicted octanol–water partition coefficient (Wildman–Crippen LogP) is 2.67. The van der Waals surface area contributed by atoms with Crippen molar-refractivity contribution in [1.29, 1.82) is 0 Å². The van der Waals surface area contributed by atoms with Crippen molar-refractivity contribution in [3.63, 3.8) is 0 Å². The van der Waals surface area contributed by atoms with Gasteiger partial charge in [-0.3, -0.25) is 0 Å². The summed E-state index contributed by atoms with van der Waals surface area (Å²) in [6.45, 7) is 7.59. The van der Waals surface area contributed by atoms with Gasteiger partial charge in [-0.2, -0.15) is 0 Å². The Morgan fingerprint density at radius 1 is 1.29 bits per heavy atom. The third kappa shape index (κ3) is 4.35. The molecule has 0 aliphatic heterocycles. The molecule has 0 aliphatic carbocycles. The van der Waals surface area contributed by atoms with Crippen molar-refractivity contribution in [2.24, 2.45) is 5.92 Å². The van der Waals surface area contributed by atoms with Gasteiger partial charge in [0.15, 0.2) is 0 Å². The molecule has 17 heavy (non-hydrogen) atoms. The second-order valence-electron chi connectivity index (χ2n) is 5.11. The monoisotopic (exact) mass is 235 g/mol. The molecule has 0 radical (unpaired) electrons. The molecule has 0 fully saturated rings. The Hall–Kier alpha value is -1.09. The van der Waals surface area contributed by atoms with Gasteiger partial charge >= 0.3 is 0 Å². The minimum absolute atomic E-state index is 0.521. The maximum absolute atomic E-state index is 4.65. The average molecular weight is 235 g/mol.